The van der Waals surface area contributed by atoms with Gasteiger partial charge in [-0.15, -0.1) is 0 Å². The second-order valence-corrected chi connectivity index (χ2v) is 10.3. The van der Waals surface area contributed by atoms with Crippen LogP contribution in [0.1, 0.15) is 21.5 Å². The second-order valence-electron chi connectivity index (χ2n) is 8.61. The summed E-state index contributed by atoms with van der Waals surface area (Å²) in [4.78, 5) is 12.8. The highest BCUT2D eigenvalue weighted by Crippen LogP contribution is 2.40. The third-order valence-electron chi connectivity index (χ3n) is 5.81. The number of aryl methyl sites for hydroxylation is 2. The van der Waals surface area contributed by atoms with Crippen LogP contribution in [-0.4, -0.2) is 30.6 Å². The summed E-state index contributed by atoms with van der Waals surface area (Å²) in [5.41, 5.74) is 2.58. The van der Waals surface area contributed by atoms with Gasteiger partial charge >= 0.3 is 5.97 Å². The van der Waals surface area contributed by atoms with E-state index >= 15 is 0 Å². The molecule has 0 radical (unpaired) electrons. The fourth-order valence-electron chi connectivity index (χ4n) is 3.88. The molecule has 2 atom stereocenters. The van der Waals surface area contributed by atoms with Crippen LogP contribution in [0.2, 0.25) is 0 Å². The van der Waals surface area contributed by atoms with Crippen molar-refractivity contribution in [3.8, 4) is 11.5 Å². The van der Waals surface area contributed by atoms with Crippen molar-refractivity contribution in [1.29, 1.82) is 0 Å². The van der Waals surface area contributed by atoms with E-state index in [4.69, 9.17) is 9.47 Å². The predicted octanol–water partition coefficient (Wildman–Crippen LogP) is 6.57. The van der Waals surface area contributed by atoms with Gasteiger partial charge in [0.15, 0.2) is 5.75 Å². The molecule has 0 spiro atoms. The summed E-state index contributed by atoms with van der Waals surface area (Å²) >= 11 is -5.11. The monoisotopic (exact) mass is 584 g/mol. The van der Waals surface area contributed by atoms with Crippen molar-refractivity contribution >= 4 is 51.3 Å². The first-order chi connectivity index (χ1) is 19.1. The highest BCUT2D eigenvalue weighted by Gasteiger charge is 2.25. The molecule has 2 unspecified atom stereocenters. The molecule has 0 saturated carbocycles. The number of hydrogen-bond acceptors (Lipinski definition) is 5. The maximum Gasteiger partial charge on any atom is 0.340 e. The van der Waals surface area contributed by atoms with Crippen LogP contribution >= 0.6 is 0 Å². The molecular formula is C28H25FN2O7S2. The zero-order valence-electron chi connectivity index (χ0n) is 21.6. The van der Waals surface area contributed by atoms with Crippen molar-refractivity contribution in [2.45, 2.75) is 13.8 Å². The lowest BCUT2D eigenvalue weighted by Crippen LogP contribution is -2.22. The fraction of sp³-hybridized carbons (Fsp3) is 0.107. The van der Waals surface area contributed by atoms with Crippen LogP contribution < -0.4 is 13.3 Å². The normalized spacial score (nSPS) is 12.3. The summed E-state index contributed by atoms with van der Waals surface area (Å²) in [5, 5.41) is 0. The van der Waals surface area contributed by atoms with Crippen LogP contribution in [0, 0.1) is 19.7 Å². The smallest absolute Gasteiger partial charge is 0.340 e. The molecule has 0 bridgehead atoms. The molecule has 0 aromatic heterocycles. The van der Waals surface area contributed by atoms with E-state index in [1.165, 1.54) is 24.3 Å². The van der Waals surface area contributed by atoms with Crippen LogP contribution in [0.15, 0.2) is 84.9 Å². The third-order valence-corrected chi connectivity index (χ3v) is 7.25. The van der Waals surface area contributed by atoms with E-state index in [9.17, 15) is 26.7 Å². The highest BCUT2D eigenvalue weighted by atomic mass is 32.2. The van der Waals surface area contributed by atoms with Crippen molar-refractivity contribution in [2.24, 2.45) is 0 Å². The van der Waals surface area contributed by atoms with Crippen molar-refractivity contribution in [3.63, 3.8) is 0 Å². The second kappa shape index (κ2) is 12.4. The number of rotatable bonds is 9. The first-order valence-corrected chi connectivity index (χ1v) is 13.9. The van der Waals surface area contributed by atoms with Crippen LogP contribution in [-0.2, 0) is 27.3 Å². The molecule has 4 rings (SSSR count). The zero-order valence-corrected chi connectivity index (χ0v) is 23.2. The Kier molecular flexibility index (Phi) is 8.95. The highest BCUT2D eigenvalue weighted by molar-refractivity contribution is 7.81. The number of methoxy groups -OCH3 is 1. The Balaban J connectivity index is 1.80. The number of hydrogen-bond donors (Lipinski definition) is 2. The molecule has 4 aromatic carbocycles. The first kappa shape index (κ1) is 28.9. The van der Waals surface area contributed by atoms with E-state index in [1.54, 1.807) is 48.5 Å². The van der Waals surface area contributed by atoms with E-state index in [0.717, 1.165) is 39.0 Å². The summed E-state index contributed by atoms with van der Waals surface area (Å²) in [6, 6.07) is 21.1. The van der Waals surface area contributed by atoms with E-state index in [1.807, 2.05) is 13.8 Å². The van der Waals surface area contributed by atoms with Gasteiger partial charge in [-0.1, -0.05) is 35.4 Å². The molecule has 0 aliphatic rings. The van der Waals surface area contributed by atoms with Gasteiger partial charge in [-0.3, -0.25) is 9.11 Å². The number of esters is 1. The fourth-order valence-corrected chi connectivity index (χ4v) is 5.13. The third kappa shape index (κ3) is 6.37. The van der Waals surface area contributed by atoms with Crippen molar-refractivity contribution in [3.05, 3.63) is 107 Å². The number of nitrogens with zero attached hydrogens (tertiary/aromatic N) is 2. The lowest BCUT2D eigenvalue weighted by atomic mass is 10.1. The minimum atomic E-state index is -2.56. The number of anilines is 4. The number of ether oxygens (including phenoxy) is 2. The van der Waals surface area contributed by atoms with E-state index in [-0.39, 0.29) is 28.4 Å². The van der Waals surface area contributed by atoms with Crippen LogP contribution in [0.25, 0.3) is 0 Å². The van der Waals surface area contributed by atoms with Gasteiger partial charge in [0.05, 0.1) is 35.4 Å². The molecule has 40 heavy (non-hydrogen) atoms. The molecular weight excluding hydrogens is 559 g/mol. The van der Waals surface area contributed by atoms with Gasteiger partial charge in [0.25, 0.3) is 22.5 Å². The largest absolute Gasteiger partial charge is 0.465 e. The Morgan fingerprint density at radius 2 is 1.25 bits per heavy atom. The minimum Gasteiger partial charge on any atom is -0.465 e. The molecule has 0 aliphatic heterocycles. The molecule has 9 nitrogen and oxygen atoms in total. The Morgan fingerprint density at radius 3 is 1.75 bits per heavy atom. The number of benzene rings is 4. The molecule has 0 fully saturated rings. The van der Waals surface area contributed by atoms with Crippen LogP contribution in [0.3, 0.4) is 0 Å². The minimum absolute atomic E-state index is 0.0381. The predicted molar refractivity (Wildman–Crippen MR) is 152 cm³/mol. The molecule has 0 saturated heterocycles. The molecule has 0 heterocycles. The standard InChI is InChI=1S/C28H25FN2O7S2/c1-18-4-9-21(10-5-18)30(39(33)34)25-15-13-23(17-24(25)28(32)37-3)38-27-16-20(29)8-14-26(27)31(40(35)36)22-11-6-19(2)7-12-22/h4-17H,1-3H3,(H,33,34)(H,35,36). The van der Waals surface area contributed by atoms with Crippen LogP contribution in [0.5, 0.6) is 11.5 Å². The molecule has 2 N–H and O–H groups in total. The van der Waals surface area contributed by atoms with Gasteiger partial charge in [0.2, 0.25) is 0 Å². The number of halogens is 1. The van der Waals surface area contributed by atoms with Gasteiger partial charge in [-0.05, 0) is 68.4 Å². The summed E-state index contributed by atoms with van der Waals surface area (Å²) in [6.45, 7) is 3.73. The Bertz CT molecular complexity index is 1580. The van der Waals surface area contributed by atoms with Gasteiger partial charge in [0, 0.05) is 6.07 Å². The number of carbonyl (C=O) groups is 1. The lowest BCUT2D eigenvalue weighted by molar-refractivity contribution is 0.0601. The van der Waals surface area contributed by atoms with Crippen molar-refractivity contribution in [2.75, 3.05) is 15.7 Å². The maximum atomic E-state index is 14.3. The molecule has 12 heteroatoms. The van der Waals surface area contributed by atoms with E-state index in [2.05, 4.69) is 0 Å². The Hall–Kier alpha value is -4.10. The average Bonchev–Trinajstić information content (AvgIpc) is 2.92. The Labute approximate surface area is 235 Å². The maximum absolute atomic E-state index is 14.3. The van der Waals surface area contributed by atoms with Crippen molar-refractivity contribution < 1.29 is 36.2 Å². The van der Waals surface area contributed by atoms with Crippen LogP contribution in [0.4, 0.5) is 27.1 Å². The summed E-state index contributed by atoms with van der Waals surface area (Å²) in [5.74, 6) is -1.57. The molecule has 208 valence electrons. The topological polar surface area (TPSA) is 117 Å². The lowest BCUT2D eigenvalue weighted by Gasteiger charge is -2.24. The molecule has 0 amide bonds. The molecule has 4 aromatic rings. The van der Waals surface area contributed by atoms with Crippen molar-refractivity contribution in [1.82, 2.24) is 0 Å². The summed E-state index contributed by atoms with van der Waals surface area (Å²) in [6.07, 6.45) is 0. The number of carbonyl (C=O) groups excluding carboxylic acids is 1. The molecule has 0 aliphatic carbocycles. The summed E-state index contributed by atoms with van der Waals surface area (Å²) in [7, 11) is 1.16. The van der Waals surface area contributed by atoms with E-state index in [0.29, 0.717) is 11.4 Å². The SMILES string of the molecule is COC(=O)c1cc(Oc2cc(F)ccc2N(c2ccc(C)cc2)S(=O)O)ccc1N(c1ccc(C)cc1)S(=O)O. The van der Waals surface area contributed by atoms with E-state index < -0.39 is 34.3 Å². The summed E-state index contributed by atoms with van der Waals surface area (Å²) < 4.78 is 72.2. The first-order valence-electron chi connectivity index (χ1n) is 11.7. The van der Waals surface area contributed by atoms with Gasteiger partial charge in [-0.25, -0.2) is 26.2 Å². The quantitative estimate of drug-likeness (QED) is 0.169. The Morgan fingerprint density at radius 1 is 0.750 bits per heavy atom. The van der Waals surface area contributed by atoms with Gasteiger partial charge < -0.3 is 9.47 Å². The zero-order chi connectivity index (χ0) is 29.0. The average molecular weight is 585 g/mol. The van der Waals surface area contributed by atoms with Gasteiger partial charge in [-0.2, -0.15) is 0 Å². The van der Waals surface area contributed by atoms with Gasteiger partial charge in [0.1, 0.15) is 11.6 Å².